The molecule has 0 aliphatic carbocycles. The zero-order chi connectivity index (χ0) is 11.5. The minimum atomic E-state index is -0.464. The molecule has 0 aromatic rings. The van der Waals surface area contributed by atoms with Gasteiger partial charge in [0, 0.05) is 6.42 Å². The highest BCUT2D eigenvalue weighted by atomic mass is 32.2. The molecule has 1 aliphatic heterocycles. The second kappa shape index (κ2) is 4.88. The number of rotatable bonds is 3. The first-order chi connectivity index (χ1) is 6.88. The van der Waals surface area contributed by atoms with Gasteiger partial charge in [0.25, 0.3) is 0 Å². The van der Waals surface area contributed by atoms with E-state index >= 15 is 0 Å². The Morgan fingerprint density at radius 1 is 1.60 bits per heavy atom. The summed E-state index contributed by atoms with van der Waals surface area (Å²) in [5, 5.41) is -0.197. The monoisotopic (exact) mass is 232 g/mol. The van der Waals surface area contributed by atoms with Crippen LogP contribution in [0.4, 0.5) is 0 Å². The van der Waals surface area contributed by atoms with Crippen molar-refractivity contribution in [1.29, 1.82) is 0 Å². The summed E-state index contributed by atoms with van der Waals surface area (Å²) in [4.78, 5) is 22.4. The van der Waals surface area contributed by atoms with Gasteiger partial charge in [0.05, 0.1) is 12.4 Å². The Morgan fingerprint density at radius 3 is 2.73 bits per heavy atom. The van der Waals surface area contributed by atoms with E-state index in [0.717, 1.165) is 0 Å². The van der Waals surface area contributed by atoms with Gasteiger partial charge in [-0.25, -0.2) is 0 Å². The molecule has 0 N–H and O–H groups in total. The highest BCUT2D eigenvalue weighted by Crippen LogP contribution is 2.22. The molecule has 86 valence electrons. The molecule has 1 saturated heterocycles. The summed E-state index contributed by atoms with van der Waals surface area (Å²) in [6.07, 6.45) is 0.687. The molecular formula is C10H16O4S. The van der Waals surface area contributed by atoms with Gasteiger partial charge < -0.3 is 9.47 Å². The molecule has 0 radical (unpaired) electrons. The molecule has 1 fully saturated rings. The second-order valence-electron chi connectivity index (χ2n) is 4.34. The van der Waals surface area contributed by atoms with Gasteiger partial charge in [-0.1, -0.05) is 0 Å². The number of hydrogen-bond donors (Lipinski definition) is 0. The molecule has 0 aromatic heterocycles. The van der Waals surface area contributed by atoms with E-state index in [2.05, 4.69) is 0 Å². The highest BCUT2D eigenvalue weighted by Gasteiger charge is 2.28. The molecule has 1 atom stereocenters. The average molecular weight is 232 g/mol. The van der Waals surface area contributed by atoms with E-state index in [0.29, 0.717) is 13.0 Å². The molecule has 1 aliphatic rings. The summed E-state index contributed by atoms with van der Waals surface area (Å²) in [6.45, 7) is 5.92. The third kappa shape index (κ3) is 4.55. The largest absolute Gasteiger partial charge is 0.465 e. The third-order valence-electron chi connectivity index (χ3n) is 1.71. The van der Waals surface area contributed by atoms with E-state index in [4.69, 9.17) is 9.47 Å². The first-order valence-corrected chi connectivity index (χ1v) is 5.93. The Labute approximate surface area is 93.7 Å². The molecule has 0 aromatic carbocycles. The lowest BCUT2D eigenvalue weighted by Gasteiger charge is -2.19. The van der Waals surface area contributed by atoms with Crippen LogP contribution < -0.4 is 0 Å². The predicted octanol–water partition coefficient (Wildman–Crippen LogP) is 1.38. The zero-order valence-electron chi connectivity index (χ0n) is 9.24. The van der Waals surface area contributed by atoms with Crippen LogP contribution in [0.2, 0.25) is 0 Å². The van der Waals surface area contributed by atoms with Crippen LogP contribution in [-0.4, -0.2) is 35.1 Å². The van der Waals surface area contributed by atoms with Crippen LogP contribution in [0.5, 0.6) is 0 Å². The standard InChI is InChI=1S/C10H16O4S/c1-10(2,3)14-8(11)6-15-7-4-5-13-9(7)12/h7H,4-6H2,1-3H3. The van der Waals surface area contributed by atoms with Crippen molar-refractivity contribution < 1.29 is 19.1 Å². The molecule has 0 saturated carbocycles. The van der Waals surface area contributed by atoms with Gasteiger partial charge in [-0.3, -0.25) is 9.59 Å². The van der Waals surface area contributed by atoms with Gasteiger partial charge in [0.2, 0.25) is 0 Å². The predicted molar refractivity (Wildman–Crippen MR) is 57.7 cm³/mol. The maximum atomic E-state index is 11.3. The normalized spacial score (nSPS) is 21.3. The Hall–Kier alpha value is -0.710. The summed E-state index contributed by atoms with van der Waals surface area (Å²) >= 11 is 1.29. The molecule has 1 heterocycles. The summed E-state index contributed by atoms with van der Waals surface area (Å²) in [6, 6.07) is 0. The lowest BCUT2D eigenvalue weighted by molar-refractivity contribution is -0.151. The van der Waals surface area contributed by atoms with Gasteiger partial charge >= 0.3 is 11.9 Å². The lowest BCUT2D eigenvalue weighted by Crippen LogP contribution is -2.26. The molecule has 0 amide bonds. The number of cyclic esters (lactones) is 1. The number of carbonyl (C=O) groups is 2. The van der Waals surface area contributed by atoms with Gasteiger partial charge in [-0.2, -0.15) is 0 Å². The van der Waals surface area contributed by atoms with Crippen molar-refractivity contribution in [3.63, 3.8) is 0 Å². The summed E-state index contributed by atoms with van der Waals surface area (Å²) in [5.74, 6) is -0.299. The number of thioether (sulfide) groups is 1. The van der Waals surface area contributed by atoms with Crippen molar-refractivity contribution in [2.45, 2.75) is 38.0 Å². The quantitative estimate of drug-likeness (QED) is 0.688. The van der Waals surface area contributed by atoms with Gasteiger partial charge in [0.1, 0.15) is 10.9 Å². The van der Waals surface area contributed by atoms with Crippen LogP contribution in [0.15, 0.2) is 0 Å². The van der Waals surface area contributed by atoms with Crippen molar-refractivity contribution in [3.05, 3.63) is 0 Å². The first kappa shape index (κ1) is 12.4. The molecular weight excluding hydrogens is 216 g/mol. The Kier molecular flexibility index (Phi) is 4.02. The fourth-order valence-corrected chi connectivity index (χ4v) is 2.03. The first-order valence-electron chi connectivity index (χ1n) is 4.88. The molecule has 15 heavy (non-hydrogen) atoms. The van der Waals surface area contributed by atoms with Crippen LogP contribution in [0.25, 0.3) is 0 Å². The van der Waals surface area contributed by atoms with E-state index in [9.17, 15) is 9.59 Å². The minimum absolute atomic E-state index is 0.197. The number of hydrogen-bond acceptors (Lipinski definition) is 5. The zero-order valence-corrected chi connectivity index (χ0v) is 10.1. The van der Waals surface area contributed by atoms with Gasteiger partial charge in [-0.05, 0) is 20.8 Å². The smallest absolute Gasteiger partial charge is 0.319 e. The SMILES string of the molecule is CC(C)(C)OC(=O)CSC1CCOC1=O. The maximum absolute atomic E-state index is 11.3. The maximum Gasteiger partial charge on any atom is 0.319 e. The highest BCUT2D eigenvalue weighted by molar-refractivity contribution is 8.01. The van der Waals surface area contributed by atoms with E-state index in [1.165, 1.54) is 11.8 Å². The van der Waals surface area contributed by atoms with Crippen LogP contribution in [0, 0.1) is 0 Å². The number of esters is 2. The summed E-state index contributed by atoms with van der Waals surface area (Å²) in [7, 11) is 0. The van der Waals surface area contributed by atoms with Crippen LogP contribution in [-0.2, 0) is 19.1 Å². The summed E-state index contributed by atoms with van der Waals surface area (Å²) < 4.78 is 9.91. The molecule has 1 unspecified atom stereocenters. The van der Waals surface area contributed by atoms with Crippen LogP contribution in [0.1, 0.15) is 27.2 Å². The van der Waals surface area contributed by atoms with Crippen molar-refractivity contribution in [2.75, 3.05) is 12.4 Å². The topological polar surface area (TPSA) is 52.6 Å². The third-order valence-corrected chi connectivity index (χ3v) is 2.94. The molecule has 4 nitrogen and oxygen atoms in total. The Morgan fingerprint density at radius 2 is 2.27 bits per heavy atom. The van der Waals surface area contributed by atoms with Crippen LogP contribution >= 0.6 is 11.8 Å². The van der Waals surface area contributed by atoms with E-state index < -0.39 is 5.60 Å². The molecule has 5 heteroatoms. The Balaban J connectivity index is 2.25. The van der Waals surface area contributed by atoms with E-state index in [1.807, 2.05) is 20.8 Å². The lowest BCUT2D eigenvalue weighted by atomic mass is 10.2. The molecule has 0 bridgehead atoms. The Bertz CT molecular complexity index is 257. The number of ether oxygens (including phenoxy) is 2. The minimum Gasteiger partial charge on any atom is -0.465 e. The average Bonchev–Trinajstić information content (AvgIpc) is 2.44. The summed E-state index contributed by atoms with van der Waals surface area (Å²) in [5.41, 5.74) is -0.464. The van der Waals surface area contributed by atoms with Gasteiger partial charge in [0.15, 0.2) is 0 Å². The van der Waals surface area contributed by atoms with Crippen LogP contribution in [0.3, 0.4) is 0 Å². The molecule has 0 spiro atoms. The number of carbonyl (C=O) groups excluding carboxylic acids is 2. The van der Waals surface area contributed by atoms with Gasteiger partial charge in [-0.15, -0.1) is 11.8 Å². The second-order valence-corrected chi connectivity index (χ2v) is 5.53. The van der Waals surface area contributed by atoms with Crippen molar-refractivity contribution in [2.24, 2.45) is 0 Å². The molecule has 1 rings (SSSR count). The van der Waals surface area contributed by atoms with E-state index in [-0.39, 0.29) is 22.9 Å². The fraction of sp³-hybridized carbons (Fsp3) is 0.800. The van der Waals surface area contributed by atoms with Crippen molar-refractivity contribution in [1.82, 2.24) is 0 Å². The fourth-order valence-electron chi connectivity index (χ4n) is 1.17. The van der Waals surface area contributed by atoms with E-state index in [1.54, 1.807) is 0 Å². The van der Waals surface area contributed by atoms with Crippen molar-refractivity contribution in [3.8, 4) is 0 Å². The van der Waals surface area contributed by atoms with Crippen molar-refractivity contribution >= 4 is 23.7 Å².